The number of carbonyl (C=O) groups is 4. The van der Waals surface area contributed by atoms with Crippen molar-refractivity contribution in [3.63, 3.8) is 0 Å². The molecule has 248 valence electrons. The molecule has 0 spiro atoms. The molecule has 12 nitrogen and oxygen atoms in total. The van der Waals surface area contributed by atoms with Crippen molar-refractivity contribution >= 4 is 34.6 Å². The number of carboxylic acids is 1. The van der Waals surface area contributed by atoms with Crippen LogP contribution in [0, 0.1) is 0 Å². The van der Waals surface area contributed by atoms with Crippen molar-refractivity contribution in [2.24, 2.45) is 11.5 Å². The number of H-pyrrole nitrogens is 1. The highest BCUT2D eigenvalue weighted by Crippen LogP contribution is 2.20. The van der Waals surface area contributed by atoms with Crippen molar-refractivity contribution in [2.75, 3.05) is 6.54 Å². The van der Waals surface area contributed by atoms with Crippen LogP contribution in [0.25, 0.3) is 10.9 Å². The van der Waals surface area contributed by atoms with E-state index in [-0.39, 0.29) is 25.0 Å². The van der Waals surface area contributed by atoms with Gasteiger partial charge >= 0.3 is 5.97 Å². The van der Waals surface area contributed by atoms with Crippen LogP contribution in [0.15, 0.2) is 85.1 Å². The first-order valence-electron chi connectivity index (χ1n) is 15.6. The SMILES string of the molecule is NCCCCC(N)C(=O)NC(Cc1c[nH]c2ccccc12)C(=O)NC(Cc1ccccc1)C(=O)NC(Cc1ccc(O)cc1)C(=O)O. The fraction of sp³-hybridized carbons (Fsp3) is 0.314. The van der Waals surface area contributed by atoms with E-state index in [0.717, 1.165) is 22.0 Å². The molecule has 0 aliphatic heterocycles. The van der Waals surface area contributed by atoms with Crippen LogP contribution in [0.3, 0.4) is 0 Å². The first-order valence-corrected chi connectivity index (χ1v) is 15.6. The number of aliphatic carboxylic acids is 1. The fourth-order valence-electron chi connectivity index (χ4n) is 5.32. The Bertz CT molecular complexity index is 1640. The number of para-hydroxylation sites is 1. The lowest BCUT2D eigenvalue weighted by atomic mass is 10.0. The summed E-state index contributed by atoms with van der Waals surface area (Å²) in [6, 6.07) is 18.1. The molecule has 4 unspecified atom stereocenters. The smallest absolute Gasteiger partial charge is 0.326 e. The molecule has 0 aliphatic carbocycles. The molecule has 0 fully saturated rings. The number of amides is 3. The minimum atomic E-state index is -1.31. The largest absolute Gasteiger partial charge is 0.508 e. The number of unbranched alkanes of at least 4 members (excludes halogenated alkanes) is 1. The molecule has 0 saturated carbocycles. The predicted octanol–water partition coefficient (Wildman–Crippen LogP) is 1.90. The second-order valence-corrected chi connectivity index (χ2v) is 11.5. The van der Waals surface area contributed by atoms with Gasteiger partial charge in [-0.05, 0) is 54.3 Å². The lowest BCUT2D eigenvalue weighted by Gasteiger charge is -2.25. The first-order chi connectivity index (χ1) is 22.6. The normalized spacial score (nSPS) is 13.7. The van der Waals surface area contributed by atoms with Gasteiger partial charge in [0.1, 0.15) is 23.9 Å². The van der Waals surface area contributed by atoms with E-state index >= 15 is 0 Å². The number of aromatic nitrogens is 1. The molecule has 0 aliphatic rings. The molecule has 3 amide bonds. The number of phenolic OH excluding ortho intramolecular Hbond substituents is 1. The van der Waals surface area contributed by atoms with Gasteiger partial charge < -0.3 is 42.6 Å². The number of carboxylic acid groups (broad SMARTS) is 1. The summed E-state index contributed by atoms with van der Waals surface area (Å²) >= 11 is 0. The summed E-state index contributed by atoms with van der Waals surface area (Å²) in [4.78, 5) is 56.1. The van der Waals surface area contributed by atoms with Crippen molar-refractivity contribution in [1.29, 1.82) is 0 Å². The van der Waals surface area contributed by atoms with Gasteiger partial charge in [-0.1, -0.05) is 67.1 Å². The molecule has 1 heterocycles. The quantitative estimate of drug-likeness (QED) is 0.0795. The third-order valence-electron chi connectivity index (χ3n) is 7.94. The van der Waals surface area contributed by atoms with Gasteiger partial charge in [-0.2, -0.15) is 0 Å². The maximum atomic E-state index is 14.0. The van der Waals surface area contributed by atoms with Gasteiger partial charge in [0, 0.05) is 36.4 Å². The standard InChI is InChI=1S/C35H42N6O6/c36-17-7-6-11-27(37)32(43)39-30(20-24-21-38-28-12-5-4-10-26(24)28)34(45)40-29(18-22-8-2-1-3-9-22)33(44)41-31(35(46)47)19-23-13-15-25(42)16-14-23/h1-5,8-10,12-16,21,27,29-31,38,42H,6-7,11,17-20,36-37H2,(H,39,43)(H,40,45)(H,41,44)(H,46,47). The zero-order chi connectivity index (χ0) is 33.8. The summed E-state index contributed by atoms with van der Waals surface area (Å²) in [6.07, 6.45) is 3.65. The van der Waals surface area contributed by atoms with E-state index in [1.54, 1.807) is 42.6 Å². The summed E-state index contributed by atoms with van der Waals surface area (Å²) in [5.41, 5.74) is 14.7. The lowest BCUT2D eigenvalue weighted by molar-refractivity contribution is -0.142. The molecule has 0 bridgehead atoms. The molecular weight excluding hydrogens is 600 g/mol. The van der Waals surface area contributed by atoms with Gasteiger partial charge in [0.25, 0.3) is 0 Å². The highest BCUT2D eigenvalue weighted by Gasteiger charge is 2.31. The van der Waals surface area contributed by atoms with Crippen LogP contribution in [-0.4, -0.2) is 69.6 Å². The Morgan fingerprint density at radius 2 is 1.28 bits per heavy atom. The number of fused-ring (bicyclic) bond motifs is 1. The number of nitrogens with one attached hydrogen (secondary N) is 4. The molecule has 0 radical (unpaired) electrons. The summed E-state index contributed by atoms with van der Waals surface area (Å²) in [7, 11) is 0. The van der Waals surface area contributed by atoms with E-state index in [1.165, 1.54) is 12.1 Å². The molecule has 47 heavy (non-hydrogen) atoms. The molecule has 4 aromatic rings. The first kappa shape index (κ1) is 34.7. The summed E-state index contributed by atoms with van der Waals surface area (Å²) < 4.78 is 0. The molecular formula is C35H42N6O6. The topological polar surface area (TPSA) is 213 Å². The Morgan fingerprint density at radius 1 is 0.702 bits per heavy atom. The zero-order valence-electron chi connectivity index (χ0n) is 26.0. The lowest BCUT2D eigenvalue weighted by Crippen LogP contribution is -2.58. The molecule has 12 heteroatoms. The van der Waals surface area contributed by atoms with Crippen LogP contribution in [0.4, 0.5) is 0 Å². The minimum Gasteiger partial charge on any atom is -0.508 e. The predicted molar refractivity (Wildman–Crippen MR) is 178 cm³/mol. The molecule has 0 saturated heterocycles. The number of nitrogens with two attached hydrogens (primary N) is 2. The Balaban J connectivity index is 1.57. The minimum absolute atomic E-state index is 0.0288. The van der Waals surface area contributed by atoms with Crippen molar-refractivity contribution < 1.29 is 29.4 Å². The Hall–Kier alpha value is -5.20. The van der Waals surface area contributed by atoms with E-state index < -0.39 is 47.9 Å². The summed E-state index contributed by atoms with van der Waals surface area (Å²) in [5.74, 6) is -3.07. The van der Waals surface area contributed by atoms with Gasteiger partial charge in [-0.3, -0.25) is 14.4 Å². The molecule has 1 aromatic heterocycles. The third-order valence-corrected chi connectivity index (χ3v) is 7.94. The number of rotatable bonds is 17. The highest BCUT2D eigenvalue weighted by atomic mass is 16.4. The number of benzene rings is 3. The van der Waals surface area contributed by atoms with Crippen molar-refractivity contribution in [1.82, 2.24) is 20.9 Å². The summed E-state index contributed by atoms with van der Waals surface area (Å²) in [6.45, 7) is 0.475. The van der Waals surface area contributed by atoms with Crippen molar-refractivity contribution in [2.45, 2.75) is 62.7 Å². The number of hydrogen-bond acceptors (Lipinski definition) is 7. The molecule has 4 rings (SSSR count). The Labute approximate surface area is 272 Å². The van der Waals surface area contributed by atoms with Crippen LogP contribution in [0.1, 0.15) is 36.0 Å². The maximum Gasteiger partial charge on any atom is 0.326 e. The molecule has 3 aromatic carbocycles. The summed E-state index contributed by atoms with van der Waals surface area (Å²) in [5, 5.41) is 28.5. The van der Waals surface area contributed by atoms with E-state index in [0.29, 0.717) is 31.4 Å². The van der Waals surface area contributed by atoms with Crippen LogP contribution in [-0.2, 0) is 38.4 Å². The van der Waals surface area contributed by atoms with Crippen LogP contribution in [0.5, 0.6) is 5.75 Å². The monoisotopic (exact) mass is 642 g/mol. The van der Waals surface area contributed by atoms with Crippen molar-refractivity contribution in [3.8, 4) is 5.75 Å². The van der Waals surface area contributed by atoms with Gasteiger partial charge in [-0.15, -0.1) is 0 Å². The molecule has 4 atom stereocenters. The fourth-order valence-corrected chi connectivity index (χ4v) is 5.32. The van der Waals surface area contributed by atoms with E-state index in [1.807, 2.05) is 30.3 Å². The van der Waals surface area contributed by atoms with Gasteiger partial charge in [0.2, 0.25) is 17.7 Å². The van der Waals surface area contributed by atoms with Crippen molar-refractivity contribution in [3.05, 3.63) is 102 Å². The van der Waals surface area contributed by atoms with Gasteiger partial charge in [-0.25, -0.2) is 4.79 Å². The number of aromatic hydroxyl groups is 1. The van der Waals surface area contributed by atoms with Gasteiger partial charge in [0.15, 0.2) is 0 Å². The second-order valence-electron chi connectivity index (χ2n) is 11.5. The number of carbonyl (C=O) groups excluding carboxylic acids is 3. The van der Waals surface area contributed by atoms with Crippen LogP contribution in [0.2, 0.25) is 0 Å². The molecule has 10 N–H and O–H groups in total. The van der Waals surface area contributed by atoms with Crippen LogP contribution < -0.4 is 27.4 Å². The van der Waals surface area contributed by atoms with E-state index in [2.05, 4.69) is 20.9 Å². The van der Waals surface area contributed by atoms with Crippen LogP contribution >= 0.6 is 0 Å². The third kappa shape index (κ3) is 10.1. The Kier molecular flexibility index (Phi) is 12.5. The highest BCUT2D eigenvalue weighted by molar-refractivity contribution is 5.95. The Morgan fingerprint density at radius 3 is 1.96 bits per heavy atom. The number of aromatic amines is 1. The maximum absolute atomic E-state index is 14.0. The number of hydrogen-bond donors (Lipinski definition) is 8. The van der Waals surface area contributed by atoms with Gasteiger partial charge in [0.05, 0.1) is 6.04 Å². The average Bonchev–Trinajstić information content (AvgIpc) is 3.47. The van der Waals surface area contributed by atoms with E-state index in [4.69, 9.17) is 11.5 Å². The zero-order valence-corrected chi connectivity index (χ0v) is 26.0. The average molecular weight is 643 g/mol. The number of phenols is 1. The van der Waals surface area contributed by atoms with E-state index in [9.17, 15) is 29.4 Å². The second kappa shape index (κ2) is 16.9.